The van der Waals surface area contributed by atoms with E-state index >= 15 is 0 Å². The molecule has 1 amide bonds. The number of aromatic amines is 2. The van der Waals surface area contributed by atoms with E-state index in [2.05, 4.69) is 30.2 Å². The van der Waals surface area contributed by atoms with Crippen LogP contribution in [0.5, 0.6) is 0 Å². The van der Waals surface area contributed by atoms with Crippen LogP contribution >= 0.6 is 0 Å². The summed E-state index contributed by atoms with van der Waals surface area (Å²) in [5, 5.41) is 3.09. The summed E-state index contributed by atoms with van der Waals surface area (Å²) in [4.78, 5) is 30.9. The number of nitrogens with one attached hydrogen (secondary N) is 3. The van der Waals surface area contributed by atoms with E-state index in [1.165, 1.54) is 0 Å². The third kappa shape index (κ3) is 4.07. The topological polar surface area (TPSA) is 89.7 Å². The molecule has 1 aliphatic rings. The van der Waals surface area contributed by atoms with Crippen LogP contribution in [0, 0.1) is 5.92 Å². The molecule has 3 N–H and O–H groups in total. The number of nitrogens with zero attached hydrogens (tertiary/aromatic N) is 3. The van der Waals surface area contributed by atoms with E-state index in [9.17, 15) is 4.79 Å². The van der Waals surface area contributed by atoms with Gasteiger partial charge in [-0.05, 0) is 50.2 Å². The normalized spacial score (nSPS) is 15.7. The number of hydrogen-bond acceptors (Lipinski definition) is 4. The summed E-state index contributed by atoms with van der Waals surface area (Å²) in [5.74, 6) is 2.16. The van der Waals surface area contributed by atoms with Crippen LogP contribution < -0.4 is 5.32 Å². The SMILES string of the molecule is O=C(NCCc1nc2ccccc2[nH]1)C1CCN(Cc2nc3ccccc3[nH]2)CC1. The number of imidazole rings is 2. The Balaban J connectivity index is 1.08. The van der Waals surface area contributed by atoms with Crippen molar-refractivity contribution in [1.29, 1.82) is 0 Å². The number of rotatable bonds is 6. The molecule has 0 aliphatic carbocycles. The van der Waals surface area contributed by atoms with E-state index < -0.39 is 0 Å². The lowest BCUT2D eigenvalue weighted by Crippen LogP contribution is -2.40. The molecular weight excluding hydrogens is 376 g/mol. The summed E-state index contributed by atoms with van der Waals surface area (Å²) in [5.41, 5.74) is 4.09. The summed E-state index contributed by atoms with van der Waals surface area (Å²) in [6.45, 7) is 3.24. The molecule has 4 aromatic rings. The number of piperidine rings is 1. The third-order valence-electron chi connectivity index (χ3n) is 5.87. The molecule has 5 rings (SSSR count). The number of fused-ring (bicyclic) bond motifs is 2. The van der Waals surface area contributed by atoms with Gasteiger partial charge in [0, 0.05) is 18.9 Å². The number of H-pyrrole nitrogens is 2. The van der Waals surface area contributed by atoms with Crippen molar-refractivity contribution in [3.8, 4) is 0 Å². The van der Waals surface area contributed by atoms with Gasteiger partial charge in [-0.1, -0.05) is 24.3 Å². The Labute approximate surface area is 174 Å². The van der Waals surface area contributed by atoms with Crippen LogP contribution in [0.2, 0.25) is 0 Å². The van der Waals surface area contributed by atoms with Crippen LogP contribution in [0.15, 0.2) is 48.5 Å². The quantitative estimate of drug-likeness (QED) is 0.462. The maximum absolute atomic E-state index is 12.6. The van der Waals surface area contributed by atoms with Crippen molar-refractivity contribution in [2.75, 3.05) is 19.6 Å². The zero-order valence-electron chi connectivity index (χ0n) is 16.9. The number of carbonyl (C=O) groups excluding carboxylic acids is 1. The summed E-state index contributed by atoms with van der Waals surface area (Å²) < 4.78 is 0. The van der Waals surface area contributed by atoms with Crippen LogP contribution in [0.25, 0.3) is 22.1 Å². The maximum atomic E-state index is 12.6. The second kappa shape index (κ2) is 8.28. The fourth-order valence-electron chi connectivity index (χ4n) is 4.22. The molecule has 154 valence electrons. The third-order valence-corrected chi connectivity index (χ3v) is 5.87. The monoisotopic (exact) mass is 402 g/mol. The van der Waals surface area contributed by atoms with Gasteiger partial charge in [0.05, 0.1) is 28.6 Å². The first-order chi connectivity index (χ1) is 14.7. The lowest BCUT2D eigenvalue weighted by atomic mass is 9.96. The molecule has 0 bridgehead atoms. The number of amides is 1. The lowest BCUT2D eigenvalue weighted by Gasteiger charge is -2.30. The van der Waals surface area contributed by atoms with Gasteiger partial charge in [0.1, 0.15) is 11.6 Å². The van der Waals surface area contributed by atoms with E-state index in [0.717, 1.165) is 66.2 Å². The Morgan fingerprint density at radius 3 is 2.20 bits per heavy atom. The predicted molar refractivity (Wildman–Crippen MR) is 117 cm³/mol. The fourth-order valence-corrected chi connectivity index (χ4v) is 4.22. The van der Waals surface area contributed by atoms with Gasteiger partial charge in [-0.3, -0.25) is 9.69 Å². The van der Waals surface area contributed by atoms with Crippen molar-refractivity contribution in [3.05, 3.63) is 60.2 Å². The lowest BCUT2D eigenvalue weighted by molar-refractivity contribution is -0.126. The van der Waals surface area contributed by atoms with Crippen molar-refractivity contribution in [3.63, 3.8) is 0 Å². The number of benzene rings is 2. The summed E-state index contributed by atoms with van der Waals surface area (Å²) >= 11 is 0. The number of para-hydroxylation sites is 4. The highest BCUT2D eigenvalue weighted by molar-refractivity contribution is 5.79. The molecule has 0 radical (unpaired) electrons. The van der Waals surface area contributed by atoms with Gasteiger partial charge in [-0.25, -0.2) is 9.97 Å². The van der Waals surface area contributed by atoms with Crippen LogP contribution in [0.4, 0.5) is 0 Å². The minimum Gasteiger partial charge on any atom is -0.355 e. The number of hydrogen-bond donors (Lipinski definition) is 3. The van der Waals surface area contributed by atoms with E-state index in [1.807, 2.05) is 48.5 Å². The van der Waals surface area contributed by atoms with Crippen LogP contribution in [-0.2, 0) is 17.8 Å². The molecule has 0 unspecified atom stereocenters. The van der Waals surface area contributed by atoms with E-state index in [1.54, 1.807) is 0 Å². The van der Waals surface area contributed by atoms with E-state index in [4.69, 9.17) is 0 Å². The first-order valence-corrected chi connectivity index (χ1v) is 10.6. The molecule has 30 heavy (non-hydrogen) atoms. The molecule has 2 aromatic carbocycles. The van der Waals surface area contributed by atoms with E-state index in [-0.39, 0.29) is 11.8 Å². The Morgan fingerprint density at radius 1 is 0.933 bits per heavy atom. The van der Waals surface area contributed by atoms with Gasteiger partial charge in [0.15, 0.2) is 0 Å². The largest absolute Gasteiger partial charge is 0.355 e. The molecule has 0 atom stereocenters. The highest BCUT2D eigenvalue weighted by Crippen LogP contribution is 2.20. The van der Waals surface area contributed by atoms with Gasteiger partial charge in [-0.2, -0.15) is 0 Å². The number of aromatic nitrogens is 4. The molecular formula is C23H26N6O. The van der Waals surface area contributed by atoms with Crippen LogP contribution in [0.3, 0.4) is 0 Å². The van der Waals surface area contributed by atoms with Gasteiger partial charge >= 0.3 is 0 Å². The molecule has 2 aromatic heterocycles. The van der Waals surface area contributed by atoms with Crippen LogP contribution in [0.1, 0.15) is 24.5 Å². The summed E-state index contributed by atoms with van der Waals surface area (Å²) in [6, 6.07) is 16.1. The standard InChI is InChI=1S/C23H26N6O/c30-23(24-12-9-21-25-17-5-1-2-6-18(17)26-21)16-10-13-29(14-11-16)15-22-27-19-7-3-4-8-20(19)28-22/h1-8,16H,9-15H2,(H,24,30)(H,25,26)(H,27,28). The molecule has 1 aliphatic heterocycles. The van der Waals surface area contributed by atoms with Gasteiger partial charge in [0.25, 0.3) is 0 Å². The Hall–Kier alpha value is -3.19. The summed E-state index contributed by atoms with van der Waals surface area (Å²) in [7, 11) is 0. The fraction of sp³-hybridized carbons (Fsp3) is 0.348. The smallest absolute Gasteiger partial charge is 0.223 e. The first-order valence-electron chi connectivity index (χ1n) is 10.6. The first kappa shape index (κ1) is 18.8. The van der Waals surface area contributed by atoms with Crippen LogP contribution in [-0.4, -0.2) is 50.4 Å². The van der Waals surface area contributed by atoms with Crippen molar-refractivity contribution in [2.45, 2.75) is 25.8 Å². The molecule has 0 spiro atoms. The molecule has 7 nitrogen and oxygen atoms in total. The highest BCUT2D eigenvalue weighted by atomic mass is 16.1. The molecule has 0 saturated carbocycles. The average Bonchev–Trinajstić information content (AvgIpc) is 3.37. The number of likely N-dealkylation sites (tertiary alicyclic amines) is 1. The molecule has 7 heteroatoms. The highest BCUT2D eigenvalue weighted by Gasteiger charge is 2.25. The van der Waals surface area contributed by atoms with Gasteiger partial charge in [-0.15, -0.1) is 0 Å². The Morgan fingerprint density at radius 2 is 1.53 bits per heavy atom. The molecule has 3 heterocycles. The molecule has 1 fully saturated rings. The number of carbonyl (C=O) groups is 1. The van der Waals surface area contributed by atoms with Crippen molar-refractivity contribution in [1.82, 2.24) is 30.2 Å². The summed E-state index contributed by atoms with van der Waals surface area (Å²) in [6.07, 6.45) is 2.48. The van der Waals surface area contributed by atoms with Crippen molar-refractivity contribution in [2.24, 2.45) is 5.92 Å². The second-order valence-electron chi connectivity index (χ2n) is 7.99. The second-order valence-corrected chi connectivity index (χ2v) is 7.99. The van der Waals surface area contributed by atoms with Crippen molar-refractivity contribution >= 4 is 28.0 Å². The Kier molecular flexibility index (Phi) is 5.19. The van der Waals surface area contributed by atoms with Crippen molar-refractivity contribution < 1.29 is 4.79 Å². The minimum atomic E-state index is 0.0904. The molecule has 1 saturated heterocycles. The van der Waals surface area contributed by atoms with E-state index in [0.29, 0.717) is 13.0 Å². The Bertz CT molecular complexity index is 1090. The van der Waals surface area contributed by atoms with Gasteiger partial charge in [0.2, 0.25) is 5.91 Å². The maximum Gasteiger partial charge on any atom is 0.223 e. The zero-order chi connectivity index (χ0) is 20.3. The minimum absolute atomic E-state index is 0.0904. The zero-order valence-corrected chi connectivity index (χ0v) is 16.9. The predicted octanol–water partition coefficient (Wildman–Crippen LogP) is 3.01. The average molecular weight is 403 g/mol. The van der Waals surface area contributed by atoms with Gasteiger partial charge < -0.3 is 15.3 Å².